The highest BCUT2D eigenvalue weighted by Crippen LogP contribution is 2.27. The molecule has 1 aliphatic heterocycles. The lowest BCUT2D eigenvalue weighted by atomic mass is 10.1. The Labute approximate surface area is 200 Å². The van der Waals surface area contributed by atoms with Crippen LogP contribution in [0.2, 0.25) is 0 Å². The van der Waals surface area contributed by atoms with Gasteiger partial charge in [0.25, 0.3) is 17.4 Å². The van der Waals surface area contributed by atoms with E-state index in [1.54, 1.807) is 48.5 Å². The van der Waals surface area contributed by atoms with Gasteiger partial charge in [-0.25, -0.2) is 4.98 Å². The molecule has 0 atom stereocenters. The lowest BCUT2D eigenvalue weighted by molar-refractivity contribution is -0.116. The van der Waals surface area contributed by atoms with Crippen molar-refractivity contribution in [3.63, 3.8) is 0 Å². The maximum Gasteiger partial charge on any atom is 0.261 e. The van der Waals surface area contributed by atoms with Gasteiger partial charge in [-0.15, -0.1) is 10.2 Å². The van der Waals surface area contributed by atoms with Gasteiger partial charge in [-0.1, -0.05) is 47.4 Å². The van der Waals surface area contributed by atoms with Gasteiger partial charge < -0.3 is 0 Å². The number of fused-ring (bicyclic) bond motifs is 2. The predicted molar refractivity (Wildman–Crippen MR) is 127 cm³/mol. The van der Waals surface area contributed by atoms with E-state index in [1.165, 1.54) is 38.9 Å². The highest BCUT2D eigenvalue weighted by atomic mass is 32.2. The van der Waals surface area contributed by atoms with Crippen LogP contribution in [0.4, 0.5) is 5.13 Å². The molecule has 2 aromatic carbocycles. The monoisotopic (exact) mass is 492 g/mol. The molecule has 1 N–H and O–H groups in total. The SMILES string of the molecule is O=C(Cn1cnc2ccccc2c1=O)Nc1nnc(SCCN2C(=O)c3ccccc3C2=O)s1. The Morgan fingerprint density at radius 1 is 0.971 bits per heavy atom. The molecule has 0 bridgehead atoms. The fraction of sp³-hybridized carbons (Fsp3) is 0.136. The second-order valence-corrected chi connectivity index (χ2v) is 9.59. The fourth-order valence-corrected chi connectivity index (χ4v) is 5.28. The van der Waals surface area contributed by atoms with Crippen molar-refractivity contribution in [3.05, 3.63) is 76.3 Å². The molecular weight excluding hydrogens is 476 g/mol. The van der Waals surface area contributed by atoms with Crippen LogP contribution in [0.15, 0.2) is 64.0 Å². The Hall–Kier alpha value is -3.90. The number of hydrogen-bond acceptors (Lipinski definition) is 9. The summed E-state index contributed by atoms with van der Waals surface area (Å²) in [6, 6.07) is 13.7. The van der Waals surface area contributed by atoms with Crippen LogP contribution in [-0.4, -0.2) is 54.7 Å². The standard InChI is InChI=1S/C22H16N6O4S2/c29-17(11-27-12-23-16-8-4-3-7-15(16)18(27)30)24-21-25-26-22(34-21)33-10-9-28-19(31)13-5-1-2-6-14(13)20(28)32/h1-8,12H,9-11H2,(H,24,25,29). The topological polar surface area (TPSA) is 127 Å². The highest BCUT2D eigenvalue weighted by molar-refractivity contribution is 8.01. The molecule has 34 heavy (non-hydrogen) atoms. The number of carbonyl (C=O) groups excluding carboxylic acids is 3. The van der Waals surface area contributed by atoms with Gasteiger partial charge in [0.1, 0.15) is 6.54 Å². The van der Waals surface area contributed by atoms with Crippen molar-refractivity contribution in [1.29, 1.82) is 0 Å². The van der Waals surface area contributed by atoms with Crippen molar-refractivity contribution in [1.82, 2.24) is 24.6 Å². The number of imide groups is 1. The van der Waals surface area contributed by atoms with Crippen LogP contribution < -0.4 is 10.9 Å². The van der Waals surface area contributed by atoms with Crippen molar-refractivity contribution in [3.8, 4) is 0 Å². The maximum atomic E-state index is 12.5. The molecule has 4 aromatic rings. The summed E-state index contributed by atoms with van der Waals surface area (Å²) in [7, 11) is 0. The molecule has 0 saturated heterocycles. The molecule has 12 heteroatoms. The number of hydrogen-bond donors (Lipinski definition) is 1. The summed E-state index contributed by atoms with van der Waals surface area (Å²) in [4.78, 5) is 55.2. The van der Waals surface area contributed by atoms with E-state index in [1.807, 2.05) is 0 Å². The van der Waals surface area contributed by atoms with E-state index in [9.17, 15) is 19.2 Å². The van der Waals surface area contributed by atoms with E-state index in [2.05, 4.69) is 20.5 Å². The molecule has 5 rings (SSSR count). The maximum absolute atomic E-state index is 12.5. The number of amides is 3. The number of rotatable bonds is 7. The third kappa shape index (κ3) is 4.20. The number of aromatic nitrogens is 4. The van der Waals surface area contributed by atoms with Gasteiger partial charge in [-0.2, -0.15) is 0 Å². The largest absolute Gasteiger partial charge is 0.299 e. The minimum atomic E-state index is -0.432. The van der Waals surface area contributed by atoms with Gasteiger partial charge >= 0.3 is 0 Å². The Bertz CT molecular complexity index is 1460. The van der Waals surface area contributed by atoms with Crippen LogP contribution in [0, 0.1) is 0 Å². The molecule has 3 amide bonds. The van der Waals surface area contributed by atoms with E-state index in [0.717, 1.165) is 0 Å². The lowest BCUT2D eigenvalue weighted by Crippen LogP contribution is -2.31. The fourth-order valence-electron chi connectivity index (χ4n) is 3.52. The van der Waals surface area contributed by atoms with Crippen LogP contribution in [0.25, 0.3) is 10.9 Å². The van der Waals surface area contributed by atoms with Crippen LogP contribution in [0.1, 0.15) is 20.7 Å². The third-order valence-corrected chi connectivity index (χ3v) is 7.07. The van der Waals surface area contributed by atoms with Crippen LogP contribution in [-0.2, 0) is 11.3 Å². The average Bonchev–Trinajstić information content (AvgIpc) is 3.39. The van der Waals surface area contributed by atoms with E-state index >= 15 is 0 Å². The molecule has 0 saturated carbocycles. The summed E-state index contributed by atoms with van der Waals surface area (Å²) in [5.74, 6) is -0.598. The van der Waals surface area contributed by atoms with Crippen molar-refractivity contribution >= 4 is 56.9 Å². The molecule has 0 aliphatic carbocycles. The second-order valence-electron chi connectivity index (χ2n) is 7.27. The summed E-state index contributed by atoms with van der Waals surface area (Å²) >= 11 is 2.50. The number of nitrogens with zero attached hydrogens (tertiary/aromatic N) is 5. The predicted octanol–water partition coefficient (Wildman–Crippen LogP) is 2.28. The first-order chi connectivity index (χ1) is 16.5. The summed E-state index contributed by atoms with van der Waals surface area (Å²) in [5.41, 5.74) is 1.09. The molecule has 2 aromatic heterocycles. The third-order valence-electron chi connectivity index (χ3n) is 5.12. The Balaban J connectivity index is 1.16. The zero-order chi connectivity index (χ0) is 23.7. The van der Waals surface area contributed by atoms with Gasteiger partial charge in [0.2, 0.25) is 11.0 Å². The van der Waals surface area contributed by atoms with E-state index in [0.29, 0.717) is 32.1 Å². The summed E-state index contributed by atoms with van der Waals surface area (Å²) < 4.78 is 1.81. The number of para-hydroxylation sites is 1. The van der Waals surface area contributed by atoms with E-state index < -0.39 is 5.91 Å². The first-order valence-corrected chi connectivity index (χ1v) is 12.0. The number of nitrogens with one attached hydrogen (secondary N) is 1. The number of anilines is 1. The van der Waals surface area contributed by atoms with Gasteiger partial charge in [0.05, 0.1) is 28.4 Å². The molecule has 0 fully saturated rings. The number of benzene rings is 2. The van der Waals surface area contributed by atoms with Crippen molar-refractivity contribution in [2.45, 2.75) is 10.9 Å². The second kappa shape index (κ2) is 9.15. The van der Waals surface area contributed by atoms with Crippen molar-refractivity contribution < 1.29 is 14.4 Å². The molecule has 3 heterocycles. The van der Waals surface area contributed by atoms with Crippen LogP contribution in [0.5, 0.6) is 0 Å². The molecule has 0 unspecified atom stereocenters. The molecule has 1 aliphatic rings. The Morgan fingerprint density at radius 2 is 1.68 bits per heavy atom. The van der Waals surface area contributed by atoms with Crippen molar-refractivity contribution in [2.24, 2.45) is 0 Å². The summed E-state index contributed by atoms with van der Waals surface area (Å²) in [6.45, 7) is 0.0225. The first-order valence-electron chi connectivity index (χ1n) is 10.2. The number of thioether (sulfide) groups is 1. The molecule has 170 valence electrons. The lowest BCUT2D eigenvalue weighted by Gasteiger charge is -2.12. The summed E-state index contributed by atoms with van der Waals surface area (Å²) in [6.07, 6.45) is 1.34. The molecule has 0 radical (unpaired) electrons. The van der Waals surface area contributed by atoms with Crippen LogP contribution in [0.3, 0.4) is 0 Å². The van der Waals surface area contributed by atoms with Crippen LogP contribution >= 0.6 is 23.1 Å². The molecular formula is C22H16N6O4S2. The average molecular weight is 493 g/mol. The van der Waals surface area contributed by atoms with E-state index in [4.69, 9.17) is 0 Å². The van der Waals surface area contributed by atoms with Gasteiger partial charge in [0.15, 0.2) is 4.34 Å². The molecule has 0 spiro atoms. The van der Waals surface area contributed by atoms with Gasteiger partial charge in [-0.05, 0) is 24.3 Å². The zero-order valence-electron chi connectivity index (χ0n) is 17.5. The number of carbonyl (C=O) groups is 3. The van der Waals surface area contributed by atoms with E-state index in [-0.39, 0.29) is 35.6 Å². The minimum absolute atomic E-state index is 0.210. The Morgan fingerprint density at radius 3 is 2.44 bits per heavy atom. The normalized spacial score (nSPS) is 12.9. The highest BCUT2D eigenvalue weighted by Gasteiger charge is 2.34. The smallest absolute Gasteiger partial charge is 0.261 e. The van der Waals surface area contributed by atoms with Crippen molar-refractivity contribution in [2.75, 3.05) is 17.6 Å². The summed E-state index contributed by atoms with van der Waals surface area (Å²) in [5, 5.41) is 11.3. The van der Waals surface area contributed by atoms with Gasteiger partial charge in [-0.3, -0.25) is 34.0 Å². The minimum Gasteiger partial charge on any atom is -0.299 e. The van der Waals surface area contributed by atoms with Gasteiger partial charge in [0, 0.05) is 12.3 Å². The zero-order valence-corrected chi connectivity index (χ0v) is 19.1. The Kier molecular flexibility index (Phi) is 5.90. The quantitative estimate of drug-likeness (QED) is 0.236. The molecule has 10 nitrogen and oxygen atoms in total. The first kappa shape index (κ1) is 21.9.